The fourth-order valence-corrected chi connectivity index (χ4v) is 3.75. The molecule has 0 aromatic heterocycles. The third-order valence-corrected chi connectivity index (χ3v) is 5.77. The maximum absolute atomic E-state index is 15.2. The van der Waals surface area contributed by atoms with Gasteiger partial charge in [0.15, 0.2) is 0 Å². The topological polar surface area (TPSA) is 71.6 Å². The van der Waals surface area contributed by atoms with Crippen LogP contribution in [-0.2, 0) is 4.74 Å². The van der Waals surface area contributed by atoms with Crippen LogP contribution >= 0.6 is 0 Å². The molecule has 1 saturated heterocycles. The number of ether oxygens (including phenoxy) is 2. The van der Waals surface area contributed by atoms with E-state index < -0.39 is 17.5 Å². The van der Waals surface area contributed by atoms with Crippen molar-refractivity contribution in [3.63, 3.8) is 0 Å². The van der Waals surface area contributed by atoms with Crippen molar-refractivity contribution in [2.24, 2.45) is 0 Å². The monoisotopic (exact) mass is 516 g/mol. The summed E-state index contributed by atoms with van der Waals surface area (Å²) in [7, 11) is 0. The molecule has 0 bridgehead atoms. The van der Waals surface area contributed by atoms with Gasteiger partial charge in [-0.3, -0.25) is 13.2 Å². The van der Waals surface area contributed by atoms with Crippen LogP contribution in [0.25, 0.3) is 11.3 Å². The molecule has 1 atom stereocenters. The number of hydrogen-bond acceptors (Lipinski definition) is 4. The second kappa shape index (κ2) is 14.2. The largest absolute Gasteiger partial charge is 1.00 e. The maximum atomic E-state index is 15.2. The Morgan fingerprint density at radius 1 is 1.24 bits per heavy atom. The molecular formula is C29H33F2LiN3O3-. The molecule has 198 valence electrons. The quantitative estimate of drug-likeness (QED) is 0.229. The van der Waals surface area contributed by atoms with Crippen LogP contribution in [0.3, 0.4) is 0 Å². The van der Waals surface area contributed by atoms with Gasteiger partial charge in [-0.1, -0.05) is 0 Å². The van der Waals surface area contributed by atoms with Gasteiger partial charge >= 0.3 is 24.9 Å². The van der Waals surface area contributed by atoms with Crippen LogP contribution in [0.15, 0.2) is 49.1 Å². The van der Waals surface area contributed by atoms with E-state index in [2.05, 4.69) is 22.5 Å². The molecular weight excluding hydrogens is 483 g/mol. The zero-order chi connectivity index (χ0) is 27.0. The summed E-state index contributed by atoms with van der Waals surface area (Å²) in [6.07, 6.45) is 3.34. The number of allylic oxidation sites excluding steroid dienone is 2. The fourth-order valence-electron chi connectivity index (χ4n) is 3.75. The van der Waals surface area contributed by atoms with Crippen molar-refractivity contribution in [2.45, 2.75) is 44.9 Å². The van der Waals surface area contributed by atoms with Crippen LogP contribution < -0.4 is 39.5 Å². The first-order valence-electron chi connectivity index (χ1n) is 12.1. The number of carbonyl (C=O) groups excluding carboxylic acids is 1. The predicted molar refractivity (Wildman–Crippen MR) is 143 cm³/mol. The number of rotatable bonds is 12. The van der Waals surface area contributed by atoms with Crippen LogP contribution in [0.4, 0.5) is 25.0 Å². The zero-order valence-corrected chi connectivity index (χ0v) is 22.2. The summed E-state index contributed by atoms with van der Waals surface area (Å²) in [6, 6.07) is 9.12. The van der Waals surface area contributed by atoms with Crippen molar-refractivity contribution in [1.82, 2.24) is 5.32 Å². The first-order valence-corrected chi connectivity index (χ1v) is 12.1. The Morgan fingerprint density at radius 3 is 2.47 bits per heavy atom. The number of benzene rings is 2. The van der Waals surface area contributed by atoms with Gasteiger partial charge in [-0.2, -0.15) is 17.7 Å². The van der Waals surface area contributed by atoms with Crippen LogP contribution in [0.2, 0.25) is 0 Å². The molecule has 3 rings (SSSR count). The number of amides is 2. The zero-order valence-electron chi connectivity index (χ0n) is 22.2. The molecule has 1 fully saturated rings. The van der Waals surface area contributed by atoms with Gasteiger partial charge in [-0.25, -0.2) is 19.7 Å². The molecule has 0 aliphatic carbocycles. The van der Waals surface area contributed by atoms with Crippen LogP contribution in [0.5, 0.6) is 5.75 Å². The van der Waals surface area contributed by atoms with Gasteiger partial charge in [-0.05, 0) is 69.5 Å². The molecule has 6 nitrogen and oxygen atoms in total. The van der Waals surface area contributed by atoms with E-state index in [9.17, 15) is 9.18 Å². The SMILES string of the molecule is [CH-]=CC(=C)c1cc(OC[C@H]2CCCO2)cc(F)c1C(=[CH-])Nc1ccc(NC(=O)NCCC(C)(C)F)cc1.[Li+]. The van der Waals surface area contributed by atoms with Gasteiger partial charge in [0, 0.05) is 24.5 Å². The van der Waals surface area contributed by atoms with Crippen molar-refractivity contribution in [3.05, 3.63) is 79.2 Å². The molecule has 2 amide bonds. The van der Waals surface area contributed by atoms with Gasteiger partial charge in [0.25, 0.3) is 0 Å². The van der Waals surface area contributed by atoms with E-state index in [1.165, 1.54) is 26.0 Å². The third kappa shape index (κ3) is 9.36. The number of carbonyl (C=O) groups is 1. The van der Waals surface area contributed by atoms with E-state index in [1.54, 1.807) is 30.3 Å². The summed E-state index contributed by atoms with van der Waals surface area (Å²) in [5, 5.41) is 8.25. The summed E-state index contributed by atoms with van der Waals surface area (Å²) in [5.41, 5.74) is 0.648. The van der Waals surface area contributed by atoms with Crippen molar-refractivity contribution in [2.75, 3.05) is 30.4 Å². The van der Waals surface area contributed by atoms with E-state index in [-0.39, 0.29) is 49.2 Å². The number of alkyl halides is 1. The first kappa shape index (κ1) is 31.2. The number of urea groups is 1. The Morgan fingerprint density at radius 2 is 1.89 bits per heavy atom. The average Bonchev–Trinajstić information content (AvgIpc) is 3.36. The second-order valence-corrected chi connectivity index (χ2v) is 9.43. The Balaban J connectivity index is 0.00000507. The number of hydrogen-bond donors (Lipinski definition) is 3. The van der Waals surface area contributed by atoms with E-state index >= 15 is 4.39 Å². The minimum Gasteiger partial charge on any atom is -0.491 e. The molecule has 1 aliphatic heterocycles. The predicted octanol–water partition coefficient (Wildman–Crippen LogP) is 3.54. The molecule has 3 N–H and O–H groups in total. The Bertz CT molecular complexity index is 1140. The second-order valence-electron chi connectivity index (χ2n) is 9.43. The summed E-state index contributed by atoms with van der Waals surface area (Å²) in [6.45, 7) is 20.0. The maximum Gasteiger partial charge on any atom is 1.00 e. The van der Waals surface area contributed by atoms with E-state index in [0.29, 0.717) is 41.5 Å². The van der Waals surface area contributed by atoms with Crippen LogP contribution in [0.1, 0.15) is 44.2 Å². The molecule has 0 spiro atoms. The van der Waals surface area contributed by atoms with Gasteiger partial charge < -0.3 is 25.4 Å². The van der Waals surface area contributed by atoms with Crippen molar-refractivity contribution < 1.29 is 41.9 Å². The number of nitrogens with one attached hydrogen (secondary N) is 3. The summed E-state index contributed by atoms with van der Waals surface area (Å²) in [5.74, 6) is -0.273. The van der Waals surface area contributed by atoms with E-state index in [4.69, 9.17) is 22.6 Å². The minimum atomic E-state index is -1.36. The molecule has 38 heavy (non-hydrogen) atoms. The normalized spacial score (nSPS) is 14.7. The van der Waals surface area contributed by atoms with E-state index in [1.807, 2.05) is 0 Å². The smallest absolute Gasteiger partial charge is 0.491 e. The minimum absolute atomic E-state index is 0. The number of anilines is 2. The number of halogens is 2. The molecule has 1 aliphatic rings. The van der Waals surface area contributed by atoms with Crippen molar-refractivity contribution in [1.29, 1.82) is 0 Å². The van der Waals surface area contributed by atoms with Gasteiger partial charge in [-0.15, -0.1) is 11.3 Å². The molecule has 0 saturated carbocycles. The Hall–Kier alpha value is -3.05. The first-order chi connectivity index (χ1) is 17.6. The molecule has 2 aromatic rings. The summed E-state index contributed by atoms with van der Waals surface area (Å²) < 4.78 is 40.1. The van der Waals surface area contributed by atoms with Gasteiger partial charge in [0.05, 0.1) is 11.9 Å². The van der Waals surface area contributed by atoms with Crippen molar-refractivity contribution >= 4 is 28.7 Å². The third-order valence-electron chi connectivity index (χ3n) is 5.77. The molecule has 0 radical (unpaired) electrons. The van der Waals surface area contributed by atoms with Crippen molar-refractivity contribution in [3.8, 4) is 5.75 Å². The van der Waals surface area contributed by atoms with Crippen LogP contribution in [0, 0.1) is 19.0 Å². The summed E-state index contributed by atoms with van der Waals surface area (Å²) in [4.78, 5) is 12.0. The molecule has 0 unspecified atom stereocenters. The van der Waals surface area contributed by atoms with Gasteiger partial charge in [0.1, 0.15) is 18.0 Å². The van der Waals surface area contributed by atoms with Crippen LogP contribution in [-0.4, -0.2) is 37.6 Å². The standard InChI is InChI=1S/C29H33F2N3O3.Li/c1-6-19(2)25-16-24(37-18-23-8-7-15-36-23)17-26(30)27(25)20(3)33-21-9-11-22(12-10-21)34-28(35)32-14-13-29(4,5)31;/h1,3,6,9-12,16-17,23,33H,2,7-8,13-15,18H2,4-5H3,(H2,32,34,35);/q-2;+1/t23-;/m1./s1. The fraction of sp³-hybridized carbons (Fsp3) is 0.345. The Labute approximate surface area is 235 Å². The summed E-state index contributed by atoms with van der Waals surface area (Å²) >= 11 is 0. The average molecular weight is 517 g/mol. The Kier molecular flexibility index (Phi) is 11.6. The molecule has 2 aromatic carbocycles. The molecule has 9 heteroatoms. The van der Waals surface area contributed by atoms with E-state index in [0.717, 1.165) is 12.8 Å². The molecule has 1 heterocycles. The van der Waals surface area contributed by atoms with Gasteiger partial charge in [0.2, 0.25) is 0 Å².